The number of hydrogen-bond donors (Lipinski definition) is 2. The van der Waals surface area contributed by atoms with Gasteiger partial charge in [0.1, 0.15) is 5.15 Å². The van der Waals surface area contributed by atoms with E-state index >= 15 is 0 Å². The number of carboxylic acids is 1. The Morgan fingerprint density at radius 3 is 2.62 bits per heavy atom. The highest BCUT2D eigenvalue weighted by Crippen LogP contribution is 2.28. The molecule has 1 heterocycles. The van der Waals surface area contributed by atoms with Crippen molar-refractivity contribution in [3.63, 3.8) is 0 Å². The first-order valence-corrected chi connectivity index (χ1v) is 6.38. The zero-order chi connectivity index (χ0) is 12.2. The quantitative estimate of drug-likeness (QED) is 0.827. The van der Waals surface area contributed by atoms with Crippen molar-refractivity contribution >= 4 is 34.0 Å². The molecule has 4 nitrogen and oxygen atoms in total. The van der Waals surface area contributed by atoms with Crippen LogP contribution in [0.25, 0.3) is 0 Å². The Labute approximate surface area is 104 Å². The van der Waals surface area contributed by atoms with Crippen LogP contribution in [0.3, 0.4) is 0 Å². The summed E-state index contributed by atoms with van der Waals surface area (Å²) < 4.78 is 0. The van der Waals surface area contributed by atoms with Crippen LogP contribution in [-0.4, -0.2) is 22.6 Å². The third-order valence-electron chi connectivity index (χ3n) is 2.86. The predicted octanol–water partition coefficient (Wildman–Crippen LogP) is 3.10. The lowest BCUT2D eigenvalue weighted by Gasteiger charge is -2.26. The smallest absolute Gasteiger partial charge is 0.311 e. The first kappa shape index (κ1) is 13.3. The Balaban J connectivity index is 2.67. The Kier molecular flexibility index (Phi) is 4.56. The van der Waals surface area contributed by atoms with Crippen LogP contribution in [0.1, 0.15) is 26.7 Å². The third-order valence-corrected chi connectivity index (χ3v) is 3.98. The van der Waals surface area contributed by atoms with Crippen molar-refractivity contribution in [2.75, 3.05) is 11.9 Å². The topological polar surface area (TPSA) is 62.2 Å². The molecule has 0 radical (unpaired) electrons. The van der Waals surface area contributed by atoms with Crippen LogP contribution < -0.4 is 5.32 Å². The highest BCUT2D eigenvalue weighted by molar-refractivity contribution is 7.14. The molecule has 0 unspecified atom stereocenters. The van der Waals surface area contributed by atoms with Crippen molar-refractivity contribution in [3.05, 3.63) is 10.5 Å². The molecule has 0 saturated carbocycles. The van der Waals surface area contributed by atoms with Gasteiger partial charge in [-0.05, 0) is 12.8 Å². The minimum atomic E-state index is -0.771. The zero-order valence-corrected chi connectivity index (χ0v) is 10.9. The van der Waals surface area contributed by atoms with E-state index in [1.54, 1.807) is 5.38 Å². The van der Waals surface area contributed by atoms with E-state index in [-0.39, 0.29) is 0 Å². The number of thiazole rings is 1. The first-order chi connectivity index (χ1) is 7.54. The molecular formula is C10H15ClN2O2S. The van der Waals surface area contributed by atoms with E-state index in [4.69, 9.17) is 11.6 Å². The molecule has 1 aromatic rings. The molecule has 2 N–H and O–H groups in total. The SMILES string of the molecule is CCC(CC)(CNc1nc(Cl)cs1)C(=O)O. The van der Waals surface area contributed by atoms with Gasteiger partial charge in [-0.25, -0.2) is 4.98 Å². The van der Waals surface area contributed by atoms with Crippen LogP contribution in [0.5, 0.6) is 0 Å². The number of carbonyl (C=O) groups is 1. The second-order valence-electron chi connectivity index (χ2n) is 3.62. The van der Waals surface area contributed by atoms with Gasteiger partial charge in [-0.15, -0.1) is 11.3 Å². The van der Waals surface area contributed by atoms with Gasteiger partial charge in [0.05, 0.1) is 5.41 Å². The molecule has 16 heavy (non-hydrogen) atoms. The third kappa shape index (κ3) is 2.86. The molecule has 1 rings (SSSR count). The van der Waals surface area contributed by atoms with Gasteiger partial charge in [0, 0.05) is 11.9 Å². The van der Waals surface area contributed by atoms with Crippen LogP contribution >= 0.6 is 22.9 Å². The average Bonchev–Trinajstić information content (AvgIpc) is 2.66. The van der Waals surface area contributed by atoms with Crippen molar-refractivity contribution in [2.24, 2.45) is 5.41 Å². The number of halogens is 1. The minimum Gasteiger partial charge on any atom is -0.481 e. The maximum Gasteiger partial charge on any atom is 0.311 e. The fourth-order valence-corrected chi connectivity index (χ4v) is 2.29. The fraction of sp³-hybridized carbons (Fsp3) is 0.600. The monoisotopic (exact) mass is 262 g/mol. The molecule has 1 aromatic heterocycles. The molecule has 0 atom stereocenters. The molecule has 0 amide bonds. The first-order valence-electron chi connectivity index (χ1n) is 5.12. The largest absolute Gasteiger partial charge is 0.481 e. The maximum atomic E-state index is 11.2. The summed E-state index contributed by atoms with van der Waals surface area (Å²) >= 11 is 7.06. The van der Waals surface area contributed by atoms with Crippen molar-refractivity contribution in [2.45, 2.75) is 26.7 Å². The summed E-state index contributed by atoms with van der Waals surface area (Å²) in [5.74, 6) is -0.771. The number of nitrogens with zero attached hydrogens (tertiary/aromatic N) is 1. The van der Waals surface area contributed by atoms with E-state index < -0.39 is 11.4 Å². The number of carboxylic acid groups (broad SMARTS) is 1. The van der Waals surface area contributed by atoms with E-state index in [1.807, 2.05) is 13.8 Å². The average molecular weight is 263 g/mol. The molecule has 0 spiro atoms. The number of nitrogens with one attached hydrogen (secondary N) is 1. The molecule has 0 aliphatic carbocycles. The number of aliphatic carboxylic acids is 1. The van der Waals surface area contributed by atoms with E-state index in [9.17, 15) is 9.90 Å². The number of rotatable bonds is 6. The van der Waals surface area contributed by atoms with Crippen molar-refractivity contribution in [3.8, 4) is 0 Å². The van der Waals surface area contributed by atoms with Gasteiger partial charge in [-0.2, -0.15) is 0 Å². The maximum absolute atomic E-state index is 11.2. The Bertz CT molecular complexity index is 363. The molecular weight excluding hydrogens is 248 g/mol. The lowest BCUT2D eigenvalue weighted by Crippen LogP contribution is -2.36. The Morgan fingerprint density at radius 2 is 2.25 bits per heavy atom. The Hall–Kier alpha value is -0.810. The molecule has 0 aromatic carbocycles. The van der Waals surface area contributed by atoms with E-state index in [0.29, 0.717) is 29.7 Å². The predicted molar refractivity (Wildman–Crippen MR) is 66.3 cm³/mol. The summed E-state index contributed by atoms with van der Waals surface area (Å²) in [5.41, 5.74) is -0.724. The van der Waals surface area contributed by atoms with Crippen LogP contribution in [0.15, 0.2) is 5.38 Å². The molecule has 0 aliphatic heterocycles. The fourth-order valence-electron chi connectivity index (χ4n) is 1.46. The number of hydrogen-bond acceptors (Lipinski definition) is 4. The van der Waals surface area contributed by atoms with Gasteiger partial charge in [-0.1, -0.05) is 25.4 Å². The summed E-state index contributed by atoms with van der Waals surface area (Å²) in [5, 5.41) is 15.1. The van der Waals surface area contributed by atoms with Crippen molar-refractivity contribution in [1.29, 1.82) is 0 Å². The lowest BCUT2D eigenvalue weighted by molar-refractivity contribution is -0.148. The normalized spacial score (nSPS) is 11.4. The highest BCUT2D eigenvalue weighted by Gasteiger charge is 2.34. The van der Waals surface area contributed by atoms with Crippen LogP contribution in [0, 0.1) is 5.41 Å². The van der Waals surface area contributed by atoms with Gasteiger partial charge < -0.3 is 10.4 Å². The molecule has 0 saturated heterocycles. The second-order valence-corrected chi connectivity index (χ2v) is 4.87. The van der Waals surface area contributed by atoms with Crippen molar-refractivity contribution in [1.82, 2.24) is 4.98 Å². The van der Waals surface area contributed by atoms with Gasteiger partial charge >= 0.3 is 5.97 Å². The van der Waals surface area contributed by atoms with E-state index in [1.165, 1.54) is 11.3 Å². The van der Waals surface area contributed by atoms with Crippen molar-refractivity contribution < 1.29 is 9.90 Å². The minimum absolute atomic E-state index is 0.374. The second kappa shape index (κ2) is 5.50. The summed E-state index contributed by atoms with van der Waals surface area (Å²) in [4.78, 5) is 15.2. The summed E-state index contributed by atoms with van der Waals surface area (Å²) in [6.45, 7) is 4.14. The molecule has 0 aliphatic rings. The lowest BCUT2D eigenvalue weighted by atomic mass is 9.82. The van der Waals surface area contributed by atoms with Crippen LogP contribution in [0.4, 0.5) is 5.13 Å². The van der Waals surface area contributed by atoms with Gasteiger partial charge in [0.15, 0.2) is 5.13 Å². The van der Waals surface area contributed by atoms with Crippen LogP contribution in [0.2, 0.25) is 5.15 Å². The summed E-state index contributed by atoms with van der Waals surface area (Å²) in [7, 11) is 0. The summed E-state index contributed by atoms with van der Waals surface area (Å²) in [6.07, 6.45) is 1.18. The number of aromatic nitrogens is 1. The van der Waals surface area contributed by atoms with Crippen LogP contribution in [-0.2, 0) is 4.79 Å². The number of anilines is 1. The molecule has 90 valence electrons. The molecule has 0 bridgehead atoms. The van der Waals surface area contributed by atoms with Gasteiger partial charge in [-0.3, -0.25) is 4.79 Å². The van der Waals surface area contributed by atoms with Gasteiger partial charge in [0.25, 0.3) is 0 Å². The van der Waals surface area contributed by atoms with E-state index in [2.05, 4.69) is 10.3 Å². The highest BCUT2D eigenvalue weighted by atomic mass is 35.5. The summed E-state index contributed by atoms with van der Waals surface area (Å²) in [6, 6.07) is 0. The zero-order valence-electron chi connectivity index (χ0n) is 9.29. The van der Waals surface area contributed by atoms with Gasteiger partial charge in [0.2, 0.25) is 0 Å². The van der Waals surface area contributed by atoms with E-state index in [0.717, 1.165) is 0 Å². The molecule has 0 fully saturated rings. The standard InChI is InChI=1S/C10H15ClN2O2S/c1-3-10(4-2,8(14)15)6-12-9-13-7(11)5-16-9/h5H,3-4,6H2,1-2H3,(H,12,13)(H,14,15). The Morgan fingerprint density at radius 1 is 1.62 bits per heavy atom. The molecule has 6 heteroatoms.